The number of aromatic nitrogens is 2. The Balaban J connectivity index is 1.39. The second-order valence-electron chi connectivity index (χ2n) is 9.47. The van der Waals surface area contributed by atoms with Crippen molar-refractivity contribution in [3.8, 4) is 23.0 Å². The molecule has 1 aliphatic rings. The van der Waals surface area contributed by atoms with Gasteiger partial charge in [0.2, 0.25) is 5.91 Å². The van der Waals surface area contributed by atoms with Gasteiger partial charge >= 0.3 is 0 Å². The van der Waals surface area contributed by atoms with E-state index in [9.17, 15) is 4.79 Å². The van der Waals surface area contributed by atoms with Gasteiger partial charge < -0.3 is 18.9 Å². The second kappa shape index (κ2) is 9.25. The molecule has 0 bridgehead atoms. The number of likely N-dealkylation sites (tertiary alicyclic amines) is 1. The molecule has 1 atom stereocenters. The Kier molecular flexibility index (Phi) is 6.40. The number of hydrogen-bond acceptors (Lipinski definition) is 6. The summed E-state index contributed by atoms with van der Waals surface area (Å²) < 4.78 is 16.2. The highest BCUT2D eigenvalue weighted by atomic mass is 16.5. The Bertz CT molecular complexity index is 1120. The van der Waals surface area contributed by atoms with Crippen LogP contribution in [0.4, 0.5) is 0 Å². The monoisotopic (exact) mass is 449 g/mol. The standard InChI is InChI=1S/C26H31N3O4/c1-26(2,3)20-9-7-18(8-10-20)25-27-24(28-33-25)19-15-23(30)29(16-19)13-12-17-6-11-21(31-4)22(14-17)32-5/h6-11,14,19H,12-13,15-16H2,1-5H3. The fourth-order valence-electron chi connectivity index (χ4n) is 4.09. The minimum atomic E-state index is -0.0609. The number of hydrogen-bond donors (Lipinski definition) is 0. The summed E-state index contributed by atoms with van der Waals surface area (Å²) in [5.74, 6) is 2.51. The van der Waals surface area contributed by atoms with E-state index >= 15 is 0 Å². The second-order valence-corrected chi connectivity index (χ2v) is 9.47. The normalized spacial score (nSPS) is 16.3. The van der Waals surface area contributed by atoms with Crippen LogP contribution in [0.3, 0.4) is 0 Å². The lowest BCUT2D eigenvalue weighted by molar-refractivity contribution is -0.127. The molecule has 0 aliphatic carbocycles. The molecule has 4 rings (SSSR count). The zero-order valence-electron chi connectivity index (χ0n) is 19.9. The molecule has 7 heteroatoms. The Morgan fingerprint density at radius 2 is 1.79 bits per heavy atom. The molecule has 1 aromatic heterocycles. The van der Waals surface area contributed by atoms with Crippen molar-refractivity contribution in [2.24, 2.45) is 0 Å². The van der Waals surface area contributed by atoms with Gasteiger partial charge in [-0.1, -0.05) is 44.1 Å². The van der Waals surface area contributed by atoms with E-state index in [1.165, 1.54) is 5.56 Å². The molecule has 1 unspecified atom stereocenters. The molecular weight excluding hydrogens is 418 g/mol. The summed E-state index contributed by atoms with van der Waals surface area (Å²) in [7, 11) is 3.24. The number of ether oxygens (including phenoxy) is 2. The lowest BCUT2D eigenvalue weighted by atomic mass is 9.87. The molecule has 1 fully saturated rings. The van der Waals surface area contributed by atoms with Crippen molar-refractivity contribution in [2.75, 3.05) is 27.3 Å². The molecule has 33 heavy (non-hydrogen) atoms. The predicted molar refractivity (Wildman–Crippen MR) is 126 cm³/mol. The van der Waals surface area contributed by atoms with Gasteiger partial charge in [-0.15, -0.1) is 0 Å². The van der Waals surface area contributed by atoms with Crippen molar-refractivity contribution in [1.29, 1.82) is 0 Å². The van der Waals surface area contributed by atoms with Crippen LogP contribution in [0.15, 0.2) is 47.0 Å². The van der Waals surface area contributed by atoms with E-state index in [0.29, 0.717) is 42.7 Å². The molecule has 1 amide bonds. The average Bonchev–Trinajstić information content (AvgIpc) is 3.44. The summed E-state index contributed by atoms with van der Waals surface area (Å²) in [6.07, 6.45) is 1.13. The van der Waals surface area contributed by atoms with E-state index in [1.807, 2.05) is 35.2 Å². The van der Waals surface area contributed by atoms with E-state index in [4.69, 9.17) is 14.0 Å². The predicted octanol–water partition coefficient (Wildman–Crippen LogP) is 4.61. The summed E-state index contributed by atoms with van der Waals surface area (Å²) in [6.45, 7) is 7.76. The molecule has 3 aromatic rings. The van der Waals surface area contributed by atoms with Gasteiger partial charge in [-0.3, -0.25) is 4.79 Å². The van der Waals surface area contributed by atoms with Crippen LogP contribution in [-0.2, 0) is 16.6 Å². The topological polar surface area (TPSA) is 77.7 Å². The van der Waals surface area contributed by atoms with E-state index in [0.717, 1.165) is 17.5 Å². The highest BCUT2D eigenvalue weighted by Gasteiger charge is 2.33. The third kappa shape index (κ3) is 5.02. The quantitative estimate of drug-likeness (QED) is 0.524. The molecule has 7 nitrogen and oxygen atoms in total. The van der Waals surface area contributed by atoms with Crippen LogP contribution < -0.4 is 9.47 Å². The van der Waals surface area contributed by atoms with Crippen molar-refractivity contribution in [1.82, 2.24) is 15.0 Å². The minimum Gasteiger partial charge on any atom is -0.493 e. The molecule has 2 aromatic carbocycles. The number of amides is 1. The molecule has 0 radical (unpaired) electrons. The van der Waals surface area contributed by atoms with Gasteiger partial charge in [0.05, 0.1) is 14.2 Å². The third-order valence-corrected chi connectivity index (χ3v) is 6.14. The molecular formula is C26H31N3O4. The average molecular weight is 450 g/mol. The van der Waals surface area contributed by atoms with Gasteiger partial charge in [-0.25, -0.2) is 0 Å². The van der Waals surface area contributed by atoms with Crippen molar-refractivity contribution >= 4 is 5.91 Å². The molecule has 0 spiro atoms. The third-order valence-electron chi connectivity index (χ3n) is 6.14. The fourth-order valence-corrected chi connectivity index (χ4v) is 4.09. The van der Waals surface area contributed by atoms with Crippen molar-refractivity contribution in [3.05, 3.63) is 59.4 Å². The zero-order valence-corrected chi connectivity index (χ0v) is 19.9. The van der Waals surface area contributed by atoms with Gasteiger partial charge in [-0.05, 0) is 47.2 Å². The summed E-state index contributed by atoms with van der Waals surface area (Å²) in [5.41, 5.74) is 3.31. The van der Waals surface area contributed by atoms with Gasteiger partial charge in [0.15, 0.2) is 17.3 Å². The van der Waals surface area contributed by atoms with Crippen LogP contribution in [-0.4, -0.2) is 48.3 Å². The van der Waals surface area contributed by atoms with Crippen LogP contribution in [0.2, 0.25) is 0 Å². The minimum absolute atomic E-state index is 0.0609. The summed E-state index contributed by atoms with van der Waals surface area (Å²) >= 11 is 0. The Hall–Kier alpha value is -3.35. The Morgan fingerprint density at radius 3 is 2.45 bits per heavy atom. The van der Waals surface area contributed by atoms with Gasteiger partial charge in [0, 0.05) is 31.0 Å². The van der Waals surface area contributed by atoms with Gasteiger partial charge in [0.25, 0.3) is 5.89 Å². The first-order valence-electron chi connectivity index (χ1n) is 11.2. The highest BCUT2D eigenvalue weighted by Crippen LogP contribution is 2.31. The zero-order chi connectivity index (χ0) is 23.6. The summed E-state index contributed by atoms with van der Waals surface area (Å²) in [6, 6.07) is 14.0. The summed E-state index contributed by atoms with van der Waals surface area (Å²) in [5, 5.41) is 4.18. The van der Waals surface area contributed by atoms with Crippen molar-refractivity contribution < 1.29 is 18.8 Å². The molecule has 0 saturated carbocycles. The molecule has 1 saturated heterocycles. The largest absolute Gasteiger partial charge is 0.493 e. The number of methoxy groups -OCH3 is 2. The van der Waals surface area contributed by atoms with Gasteiger partial charge in [0.1, 0.15) is 0 Å². The first-order valence-corrected chi connectivity index (χ1v) is 11.2. The number of nitrogens with zero attached hydrogens (tertiary/aromatic N) is 3. The smallest absolute Gasteiger partial charge is 0.257 e. The van der Waals surface area contributed by atoms with Crippen molar-refractivity contribution in [3.63, 3.8) is 0 Å². The maximum Gasteiger partial charge on any atom is 0.257 e. The van der Waals surface area contributed by atoms with Crippen LogP contribution in [0.25, 0.3) is 11.5 Å². The van der Waals surface area contributed by atoms with Crippen LogP contribution in [0.1, 0.15) is 50.1 Å². The van der Waals surface area contributed by atoms with E-state index in [-0.39, 0.29) is 17.2 Å². The van der Waals surface area contributed by atoms with Gasteiger partial charge in [-0.2, -0.15) is 4.98 Å². The first kappa shape index (κ1) is 22.8. The SMILES string of the molecule is COc1ccc(CCN2CC(c3noc(-c4ccc(C(C)(C)C)cc4)n3)CC2=O)cc1OC. The number of rotatable bonds is 7. The Labute approximate surface area is 194 Å². The summed E-state index contributed by atoms with van der Waals surface area (Å²) in [4.78, 5) is 19.1. The number of carbonyl (C=O) groups excluding carboxylic acids is 1. The molecule has 2 heterocycles. The fraction of sp³-hybridized carbons (Fsp3) is 0.423. The van der Waals surface area contributed by atoms with E-state index < -0.39 is 0 Å². The number of carbonyl (C=O) groups is 1. The molecule has 174 valence electrons. The van der Waals surface area contributed by atoms with E-state index in [1.54, 1.807) is 14.2 Å². The van der Waals surface area contributed by atoms with Crippen LogP contribution in [0, 0.1) is 0 Å². The highest BCUT2D eigenvalue weighted by molar-refractivity contribution is 5.79. The Morgan fingerprint density at radius 1 is 1.06 bits per heavy atom. The first-order chi connectivity index (χ1) is 15.8. The molecule has 0 N–H and O–H groups in total. The number of benzene rings is 2. The van der Waals surface area contributed by atoms with Crippen LogP contribution >= 0.6 is 0 Å². The van der Waals surface area contributed by atoms with E-state index in [2.05, 4.69) is 43.0 Å². The lowest BCUT2D eigenvalue weighted by Crippen LogP contribution is -2.27. The lowest BCUT2D eigenvalue weighted by Gasteiger charge is -2.18. The molecule has 1 aliphatic heterocycles. The maximum atomic E-state index is 12.6. The van der Waals surface area contributed by atoms with Crippen LogP contribution in [0.5, 0.6) is 11.5 Å². The van der Waals surface area contributed by atoms with Crippen molar-refractivity contribution in [2.45, 2.75) is 44.9 Å². The maximum absolute atomic E-state index is 12.6.